The van der Waals surface area contributed by atoms with Crippen LogP contribution in [-0.2, 0) is 16.6 Å². The van der Waals surface area contributed by atoms with Crippen LogP contribution in [0.2, 0.25) is 0 Å². The van der Waals surface area contributed by atoms with Crippen LogP contribution >= 0.6 is 11.6 Å². The van der Waals surface area contributed by atoms with Gasteiger partial charge in [-0.25, -0.2) is 0 Å². The molecular formula is C33H32ClN5O5. The van der Waals surface area contributed by atoms with E-state index in [9.17, 15) is 19.2 Å². The third-order valence-electron chi connectivity index (χ3n) is 7.34. The van der Waals surface area contributed by atoms with Crippen LogP contribution in [0, 0.1) is 6.92 Å². The maximum absolute atomic E-state index is 13.3. The van der Waals surface area contributed by atoms with Gasteiger partial charge in [-0.3, -0.25) is 19.2 Å². The lowest BCUT2D eigenvalue weighted by molar-refractivity contribution is -0.113. The van der Waals surface area contributed by atoms with Crippen LogP contribution in [0.4, 0.5) is 22.7 Å². The number of hydrogen-bond acceptors (Lipinski definition) is 6. The first-order valence-electron chi connectivity index (χ1n) is 14.1. The Morgan fingerprint density at radius 1 is 0.886 bits per heavy atom. The summed E-state index contributed by atoms with van der Waals surface area (Å²) < 4.78 is 6.82. The SMILES string of the molecule is Cc1c(NC(=O)c2ccccc2)cccc1-c1cc(Nc2ccc(C(=O)N3CCOCC3)c(NC(=O)CCl)c2)c(=O)n(C)c1. The van der Waals surface area contributed by atoms with Crippen LogP contribution in [0.5, 0.6) is 0 Å². The van der Waals surface area contributed by atoms with Gasteiger partial charge in [0.05, 0.1) is 24.5 Å². The number of anilines is 4. The molecule has 44 heavy (non-hydrogen) atoms. The number of halogens is 1. The molecule has 0 aliphatic carbocycles. The van der Waals surface area contributed by atoms with Crippen molar-refractivity contribution in [3.8, 4) is 11.1 Å². The van der Waals surface area contributed by atoms with E-state index in [1.54, 1.807) is 54.5 Å². The molecule has 4 aromatic rings. The Kier molecular flexibility index (Phi) is 9.42. The summed E-state index contributed by atoms with van der Waals surface area (Å²) in [5.74, 6) is -1.21. The molecule has 2 heterocycles. The molecule has 5 rings (SSSR count). The van der Waals surface area contributed by atoms with E-state index in [1.807, 2.05) is 43.3 Å². The summed E-state index contributed by atoms with van der Waals surface area (Å²) in [6.07, 6.45) is 1.73. The van der Waals surface area contributed by atoms with Crippen molar-refractivity contribution in [1.29, 1.82) is 0 Å². The number of carbonyl (C=O) groups is 3. The van der Waals surface area contributed by atoms with Crippen molar-refractivity contribution in [3.05, 3.63) is 106 Å². The number of alkyl halides is 1. The van der Waals surface area contributed by atoms with Gasteiger partial charge in [-0.15, -0.1) is 11.6 Å². The van der Waals surface area contributed by atoms with E-state index in [-0.39, 0.29) is 34.6 Å². The Labute approximate surface area is 259 Å². The van der Waals surface area contributed by atoms with Crippen molar-refractivity contribution in [1.82, 2.24) is 9.47 Å². The third-order valence-corrected chi connectivity index (χ3v) is 7.58. The van der Waals surface area contributed by atoms with Crippen molar-refractivity contribution in [3.63, 3.8) is 0 Å². The third kappa shape index (κ3) is 6.82. The fraction of sp³-hybridized carbons (Fsp3) is 0.212. The van der Waals surface area contributed by atoms with Gasteiger partial charge in [-0.1, -0.05) is 30.3 Å². The van der Waals surface area contributed by atoms with Crippen molar-refractivity contribution in [2.24, 2.45) is 7.05 Å². The van der Waals surface area contributed by atoms with Gasteiger partial charge < -0.3 is 30.2 Å². The Balaban J connectivity index is 1.45. The standard InChI is InChI=1S/C33H32ClN5O5/c1-21-25(9-6-10-27(21)37-31(41)22-7-4-3-5-8-22)23-17-29(33(43)38(2)20-23)35-24-11-12-26(28(18-24)36-30(40)19-34)32(42)39-13-15-44-16-14-39/h3-12,17-18,20,35H,13-16,19H2,1-2H3,(H,36,40)(H,37,41). The first kappa shape index (κ1) is 30.5. The van der Waals surface area contributed by atoms with Crippen LogP contribution < -0.4 is 21.5 Å². The Morgan fingerprint density at radius 2 is 1.64 bits per heavy atom. The van der Waals surface area contributed by atoms with E-state index in [0.29, 0.717) is 48.8 Å². The number of amides is 3. The van der Waals surface area contributed by atoms with Crippen molar-refractivity contribution in [2.45, 2.75) is 6.92 Å². The maximum atomic E-state index is 13.3. The van der Waals surface area contributed by atoms with Crippen LogP contribution in [0.25, 0.3) is 11.1 Å². The first-order chi connectivity index (χ1) is 21.2. The summed E-state index contributed by atoms with van der Waals surface area (Å²) in [6.45, 7) is 3.68. The maximum Gasteiger partial charge on any atom is 0.274 e. The van der Waals surface area contributed by atoms with Crippen LogP contribution in [0.3, 0.4) is 0 Å². The average molecular weight is 614 g/mol. The molecule has 1 saturated heterocycles. The molecule has 0 bridgehead atoms. The summed E-state index contributed by atoms with van der Waals surface area (Å²) in [5, 5.41) is 8.84. The molecule has 10 nitrogen and oxygen atoms in total. The summed E-state index contributed by atoms with van der Waals surface area (Å²) in [4.78, 5) is 53.1. The predicted octanol–water partition coefficient (Wildman–Crippen LogP) is 5.01. The average Bonchev–Trinajstić information content (AvgIpc) is 3.04. The number of nitrogens with zero attached hydrogens (tertiary/aromatic N) is 2. The highest BCUT2D eigenvalue weighted by atomic mass is 35.5. The molecule has 226 valence electrons. The molecule has 3 N–H and O–H groups in total. The number of hydrogen-bond donors (Lipinski definition) is 3. The molecule has 0 radical (unpaired) electrons. The Hall–Kier alpha value is -4.93. The molecule has 0 spiro atoms. The highest BCUT2D eigenvalue weighted by molar-refractivity contribution is 6.29. The number of benzene rings is 3. The van der Waals surface area contributed by atoms with Gasteiger partial charge in [0, 0.05) is 48.8 Å². The van der Waals surface area contributed by atoms with Gasteiger partial charge in [-0.05, 0) is 60.5 Å². The molecule has 3 aromatic carbocycles. The molecular weight excluding hydrogens is 582 g/mol. The molecule has 1 aliphatic heterocycles. The highest BCUT2D eigenvalue weighted by Gasteiger charge is 2.22. The lowest BCUT2D eigenvalue weighted by Gasteiger charge is -2.27. The fourth-order valence-electron chi connectivity index (χ4n) is 5.00. The summed E-state index contributed by atoms with van der Waals surface area (Å²) in [7, 11) is 1.66. The molecule has 3 amide bonds. The quantitative estimate of drug-likeness (QED) is 0.240. The second kappa shape index (κ2) is 13.6. The Bertz CT molecular complexity index is 1770. The van der Waals surface area contributed by atoms with Gasteiger partial charge in [0.15, 0.2) is 0 Å². The number of morpholine rings is 1. The van der Waals surface area contributed by atoms with Gasteiger partial charge in [0.2, 0.25) is 5.91 Å². The molecule has 11 heteroatoms. The van der Waals surface area contributed by atoms with Gasteiger partial charge in [0.25, 0.3) is 17.4 Å². The van der Waals surface area contributed by atoms with E-state index < -0.39 is 5.91 Å². The summed E-state index contributed by atoms with van der Waals surface area (Å²) >= 11 is 5.74. The van der Waals surface area contributed by atoms with E-state index in [2.05, 4.69) is 16.0 Å². The zero-order valence-electron chi connectivity index (χ0n) is 24.4. The lowest BCUT2D eigenvalue weighted by atomic mass is 9.99. The highest BCUT2D eigenvalue weighted by Crippen LogP contribution is 2.31. The normalized spacial score (nSPS) is 12.8. The van der Waals surface area contributed by atoms with Crippen molar-refractivity contribution < 1.29 is 19.1 Å². The van der Waals surface area contributed by atoms with Gasteiger partial charge >= 0.3 is 0 Å². The number of aryl methyl sites for hydroxylation is 1. The number of aromatic nitrogens is 1. The lowest BCUT2D eigenvalue weighted by Crippen LogP contribution is -2.41. The van der Waals surface area contributed by atoms with Crippen LogP contribution in [0.15, 0.2) is 83.8 Å². The van der Waals surface area contributed by atoms with Crippen molar-refractivity contribution in [2.75, 3.05) is 48.1 Å². The zero-order valence-corrected chi connectivity index (χ0v) is 25.1. The van der Waals surface area contributed by atoms with Gasteiger partial charge in [0.1, 0.15) is 11.6 Å². The number of rotatable bonds is 8. The smallest absolute Gasteiger partial charge is 0.274 e. The number of ether oxygens (including phenoxy) is 1. The monoisotopic (exact) mass is 613 g/mol. The van der Waals surface area contributed by atoms with E-state index >= 15 is 0 Å². The van der Waals surface area contributed by atoms with Crippen molar-refractivity contribution >= 4 is 52.1 Å². The van der Waals surface area contributed by atoms with Crippen LogP contribution in [0.1, 0.15) is 26.3 Å². The minimum Gasteiger partial charge on any atom is -0.378 e. The topological polar surface area (TPSA) is 122 Å². The summed E-state index contributed by atoms with van der Waals surface area (Å²) in [5.41, 5.74) is 4.69. The molecule has 1 fully saturated rings. The van der Waals surface area contributed by atoms with E-state index in [1.165, 1.54) is 4.57 Å². The molecule has 1 aliphatic rings. The van der Waals surface area contributed by atoms with Crippen LogP contribution in [-0.4, -0.2) is 59.4 Å². The molecule has 0 saturated carbocycles. The number of pyridine rings is 1. The predicted molar refractivity (Wildman–Crippen MR) is 172 cm³/mol. The second-order valence-corrected chi connectivity index (χ2v) is 10.6. The molecule has 0 unspecified atom stereocenters. The first-order valence-corrected chi connectivity index (χ1v) is 14.6. The summed E-state index contributed by atoms with van der Waals surface area (Å²) in [6, 6.07) is 21.2. The van der Waals surface area contributed by atoms with E-state index in [0.717, 1.165) is 16.7 Å². The minimum atomic E-state index is -0.465. The largest absolute Gasteiger partial charge is 0.378 e. The van der Waals surface area contributed by atoms with Gasteiger partial charge in [-0.2, -0.15) is 0 Å². The second-order valence-electron chi connectivity index (χ2n) is 10.3. The molecule has 1 aromatic heterocycles. The number of carbonyl (C=O) groups excluding carboxylic acids is 3. The van der Waals surface area contributed by atoms with E-state index in [4.69, 9.17) is 16.3 Å². The molecule has 0 atom stereocenters. The fourth-order valence-corrected chi connectivity index (χ4v) is 5.07. The minimum absolute atomic E-state index is 0.221. The zero-order chi connectivity index (χ0) is 31.2. The Morgan fingerprint density at radius 3 is 2.36 bits per heavy atom. The number of nitrogens with one attached hydrogen (secondary N) is 3.